The lowest BCUT2D eigenvalue weighted by Gasteiger charge is -2.37. The van der Waals surface area contributed by atoms with Crippen LogP contribution in [0, 0.1) is 5.92 Å². The van der Waals surface area contributed by atoms with E-state index in [0.29, 0.717) is 16.8 Å². The largest absolute Gasteiger partial charge is 0.352 e. The van der Waals surface area contributed by atoms with Gasteiger partial charge >= 0.3 is 0 Å². The molecule has 4 atom stereocenters. The van der Waals surface area contributed by atoms with E-state index >= 15 is 0 Å². The van der Waals surface area contributed by atoms with Gasteiger partial charge in [-0.1, -0.05) is 107 Å². The van der Waals surface area contributed by atoms with E-state index in [4.69, 9.17) is 0 Å². The van der Waals surface area contributed by atoms with Gasteiger partial charge < -0.3 is 10.2 Å². The monoisotopic (exact) mass is 574 g/mol. The second-order valence-electron chi connectivity index (χ2n) is 10.2. The molecular formula is C33H23BrN2O3. The first-order chi connectivity index (χ1) is 19.0. The molecule has 0 bridgehead atoms. The van der Waals surface area contributed by atoms with Gasteiger partial charge in [-0.15, -0.1) is 0 Å². The number of nitrogens with one attached hydrogen (secondary N) is 1. The van der Waals surface area contributed by atoms with Crippen molar-refractivity contribution >= 4 is 50.9 Å². The average Bonchev–Trinajstić information content (AvgIpc) is 3.45. The van der Waals surface area contributed by atoms with Crippen molar-refractivity contribution in [3.05, 3.63) is 136 Å². The number of fused-ring (bicyclic) bond motifs is 6. The van der Waals surface area contributed by atoms with Crippen LogP contribution in [-0.2, 0) is 10.2 Å². The van der Waals surface area contributed by atoms with Crippen molar-refractivity contribution in [1.29, 1.82) is 0 Å². The quantitative estimate of drug-likeness (QED) is 0.290. The molecule has 6 heteroatoms. The normalized spacial score (nSPS) is 24.2. The smallest absolute Gasteiger partial charge is 0.238 e. The van der Waals surface area contributed by atoms with Gasteiger partial charge in [0.05, 0.1) is 12.0 Å². The van der Waals surface area contributed by atoms with Gasteiger partial charge in [0, 0.05) is 27.0 Å². The summed E-state index contributed by atoms with van der Waals surface area (Å²) >= 11 is 3.56. The van der Waals surface area contributed by atoms with E-state index in [9.17, 15) is 14.4 Å². The maximum atomic E-state index is 14.6. The topological polar surface area (TPSA) is 66.5 Å². The van der Waals surface area contributed by atoms with E-state index in [1.165, 1.54) is 0 Å². The molecule has 4 aromatic rings. The molecule has 4 aromatic carbocycles. The van der Waals surface area contributed by atoms with Gasteiger partial charge in [-0.25, -0.2) is 0 Å². The molecule has 1 saturated heterocycles. The summed E-state index contributed by atoms with van der Waals surface area (Å²) in [6.45, 7) is 0. The van der Waals surface area contributed by atoms with Crippen LogP contribution in [0.25, 0.3) is 6.08 Å². The highest BCUT2D eigenvalue weighted by atomic mass is 79.9. The Labute approximate surface area is 234 Å². The fraction of sp³-hybridized carbons (Fsp3) is 0.121. The van der Waals surface area contributed by atoms with Crippen LogP contribution < -0.4 is 10.2 Å². The lowest BCUT2D eigenvalue weighted by molar-refractivity contribution is -0.121. The Bertz CT molecular complexity index is 1680. The Morgan fingerprint density at radius 3 is 2.15 bits per heavy atom. The van der Waals surface area contributed by atoms with Gasteiger partial charge in [0.1, 0.15) is 11.5 Å². The molecule has 3 aliphatic heterocycles. The molecule has 39 heavy (non-hydrogen) atoms. The number of Topliss-reactive ketones (excluding diaryl/α,β-unsaturated/α-hetero) is 2. The van der Waals surface area contributed by atoms with Crippen LogP contribution in [0.15, 0.2) is 114 Å². The summed E-state index contributed by atoms with van der Waals surface area (Å²) in [6.07, 6.45) is 3.98. The van der Waals surface area contributed by atoms with Gasteiger partial charge in [-0.3, -0.25) is 14.4 Å². The first-order valence-corrected chi connectivity index (χ1v) is 13.7. The maximum absolute atomic E-state index is 14.6. The highest BCUT2D eigenvalue weighted by molar-refractivity contribution is 9.10. The van der Waals surface area contributed by atoms with E-state index in [0.717, 1.165) is 21.3 Å². The predicted molar refractivity (Wildman–Crippen MR) is 155 cm³/mol. The molecule has 190 valence electrons. The number of rotatable bonds is 4. The van der Waals surface area contributed by atoms with Crippen molar-refractivity contribution in [3.8, 4) is 0 Å². The number of anilines is 2. The minimum Gasteiger partial charge on any atom is -0.352 e. The fourth-order valence-electron chi connectivity index (χ4n) is 6.71. The van der Waals surface area contributed by atoms with E-state index in [-0.39, 0.29) is 17.5 Å². The van der Waals surface area contributed by atoms with Crippen molar-refractivity contribution in [2.24, 2.45) is 5.92 Å². The number of hydrogen-bond donors (Lipinski definition) is 1. The molecule has 1 spiro atoms. The summed E-state index contributed by atoms with van der Waals surface area (Å²) < 4.78 is 0.907. The van der Waals surface area contributed by atoms with Gasteiger partial charge in [0.25, 0.3) is 0 Å². The molecule has 1 N–H and O–H groups in total. The van der Waals surface area contributed by atoms with Gasteiger partial charge in [0.2, 0.25) is 5.91 Å². The third-order valence-corrected chi connectivity index (χ3v) is 8.76. The Kier molecular flexibility index (Phi) is 5.42. The fourth-order valence-corrected chi connectivity index (χ4v) is 7.08. The number of carbonyl (C=O) groups excluding carboxylic acids is 3. The zero-order valence-electron chi connectivity index (χ0n) is 20.8. The number of carbonyl (C=O) groups is 3. The second kappa shape index (κ2) is 8.89. The first kappa shape index (κ1) is 23.8. The standard InChI is InChI=1S/C33H23BrN2O3/c34-23-16-17-26-22(19-23)15-18-27-33(24-13-7-8-14-25(24)35-32(33)39)28(30(37)20-9-3-1-4-10-20)29(36(26)27)31(38)21-11-5-2-6-12-21/h1-19,27-29H,(H,35,39)/t27-,28-,29+,33+/m1/s1. The molecule has 3 heterocycles. The lowest BCUT2D eigenvalue weighted by Crippen LogP contribution is -2.51. The molecule has 5 nitrogen and oxygen atoms in total. The molecular weight excluding hydrogens is 552 g/mol. The summed E-state index contributed by atoms with van der Waals surface area (Å²) in [6, 6.07) is 30.0. The van der Waals surface area contributed by atoms with Crippen LogP contribution in [0.2, 0.25) is 0 Å². The number of para-hydroxylation sites is 1. The number of benzene rings is 4. The minimum absolute atomic E-state index is 0.187. The van der Waals surface area contributed by atoms with E-state index in [2.05, 4.69) is 21.2 Å². The van der Waals surface area contributed by atoms with Crippen molar-refractivity contribution in [2.45, 2.75) is 17.5 Å². The van der Waals surface area contributed by atoms with Crippen molar-refractivity contribution in [3.63, 3.8) is 0 Å². The summed E-state index contributed by atoms with van der Waals surface area (Å²) in [5.74, 6) is -1.65. The van der Waals surface area contributed by atoms with E-state index in [1.54, 1.807) is 24.3 Å². The van der Waals surface area contributed by atoms with Crippen molar-refractivity contribution in [2.75, 3.05) is 10.2 Å². The van der Waals surface area contributed by atoms with Crippen LogP contribution in [0.5, 0.6) is 0 Å². The highest BCUT2D eigenvalue weighted by Gasteiger charge is 2.70. The van der Waals surface area contributed by atoms with Gasteiger partial charge in [0.15, 0.2) is 11.6 Å². The Morgan fingerprint density at radius 2 is 1.44 bits per heavy atom. The highest BCUT2D eigenvalue weighted by Crippen LogP contribution is 2.58. The number of hydrogen-bond acceptors (Lipinski definition) is 4. The molecule has 0 unspecified atom stereocenters. The Hall–Kier alpha value is -4.29. The third-order valence-electron chi connectivity index (χ3n) is 8.26. The molecule has 3 aliphatic rings. The summed E-state index contributed by atoms with van der Waals surface area (Å²) in [5, 5.41) is 3.06. The van der Waals surface area contributed by atoms with Crippen LogP contribution >= 0.6 is 15.9 Å². The molecule has 0 aromatic heterocycles. The number of ketones is 2. The Morgan fingerprint density at radius 1 is 0.795 bits per heavy atom. The minimum atomic E-state index is -1.31. The third kappa shape index (κ3) is 3.34. The molecule has 0 radical (unpaired) electrons. The van der Waals surface area contributed by atoms with Crippen LogP contribution in [0.3, 0.4) is 0 Å². The summed E-state index contributed by atoms with van der Waals surface area (Å²) in [4.78, 5) is 45.5. The molecule has 1 amide bonds. The van der Waals surface area contributed by atoms with Crippen LogP contribution in [0.4, 0.5) is 11.4 Å². The number of halogens is 1. The summed E-state index contributed by atoms with van der Waals surface area (Å²) in [5.41, 5.74) is 2.83. The number of amides is 1. The SMILES string of the molecule is O=C(c1ccccc1)[C@@H]1[C@H](C(=O)c2ccccc2)[C@@]2(C(=O)Nc3ccccc32)[C@H]2C=Cc3cc(Br)ccc3N12. The van der Waals surface area contributed by atoms with Crippen LogP contribution in [0.1, 0.15) is 31.8 Å². The Balaban J connectivity index is 1.55. The zero-order valence-corrected chi connectivity index (χ0v) is 22.3. The van der Waals surface area contributed by atoms with E-state index < -0.39 is 23.4 Å². The van der Waals surface area contributed by atoms with Crippen LogP contribution in [-0.4, -0.2) is 29.6 Å². The maximum Gasteiger partial charge on any atom is 0.238 e. The predicted octanol–water partition coefficient (Wildman–Crippen LogP) is 6.31. The van der Waals surface area contributed by atoms with Gasteiger partial charge in [-0.05, 0) is 35.4 Å². The molecule has 7 rings (SSSR count). The molecule has 0 saturated carbocycles. The lowest BCUT2D eigenvalue weighted by atomic mass is 9.64. The molecule has 0 aliphatic carbocycles. The molecule has 1 fully saturated rings. The van der Waals surface area contributed by atoms with Crippen molar-refractivity contribution < 1.29 is 14.4 Å². The zero-order chi connectivity index (χ0) is 26.7. The average molecular weight is 575 g/mol. The van der Waals surface area contributed by atoms with Crippen molar-refractivity contribution in [1.82, 2.24) is 0 Å². The summed E-state index contributed by atoms with van der Waals surface area (Å²) in [7, 11) is 0. The second-order valence-corrected chi connectivity index (χ2v) is 11.1. The van der Waals surface area contributed by atoms with Gasteiger partial charge in [-0.2, -0.15) is 0 Å². The first-order valence-electron chi connectivity index (χ1n) is 12.9. The number of nitrogens with zero attached hydrogens (tertiary/aromatic N) is 1. The van der Waals surface area contributed by atoms with E-state index in [1.807, 2.05) is 95.9 Å².